The van der Waals surface area contributed by atoms with E-state index in [4.69, 9.17) is 0 Å². The first-order chi connectivity index (χ1) is 13.5. The number of ether oxygens (including phenoxy) is 1. The van der Waals surface area contributed by atoms with Crippen LogP contribution in [0.4, 0.5) is 5.69 Å². The molecule has 1 saturated heterocycles. The lowest BCUT2D eigenvalue weighted by Crippen LogP contribution is -2.46. The van der Waals surface area contributed by atoms with Crippen LogP contribution in [0, 0.1) is 0 Å². The van der Waals surface area contributed by atoms with E-state index in [9.17, 15) is 19.2 Å². The normalized spacial score (nSPS) is 14.5. The lowest BCUT2D eigenvalue weighted by molar-refractivity contribution is -0.145. The maximum atomic E-state index is 12.2. The second kappa shape index (κ2) is 10.7. The summed E-state index contributed by atoms with van der Waals surface area (Å²) < 4.78 is 4.69. The summed E-state index contributed by atoms with van der Waals surface area (Å²) in [6.07, 6.45) is 3.73. The van der Waals surface area contributed by atoms with Gasteiger partial charge in [-0.05, 0) is 49.1 Å². The molecule has 2 N–H and O–H groups in total. The Kier molecular flexibility index (Phi) is 8.31. The molecule has 9 heteroatoms. The SMILES string of the molecule is COC(=O)[C@@H](CCSC)NC(=O)CNC(=O)c1ccc(N2CCCC2=O)cc1. The number of methoxy groups -OCH3 is 1. The zero-order chi connectivity index (χ0) is 20.5. The third kappa shape index (κ3) is 5.98. The van der Waals surface area contributed by atoms with Crippen LogP contribution in [0.15, 0.2) is 24.3 Å². The number of nitrogens with zero attached hydrogens (tertiary/aromatic N) is 1. The van der Waals surface area contributed by atoms with E-state index >= 15 is 0 Å². The largest absolute Gasteiger partial charge is 0.467 e. The molecule has 0 aromatic heterocycles. The molecule has 28 heavy (non-hydrogen) atoms. The quantitative estimate of drug-likeness (QED) is 0.591. The van der Waals surface area contributed by atoms with Crippen LogP contribution in [-0.4, -0.2) is 61.9 Å². The van der Waals surface area contributed by atoms with Gasteiger partial charge in [0, 0.05) is 24.2 Å². The van der Waals surface area contributed by atoms with Gasteiger partial charge >= 0.3 is 5.97 Å². The molecule has 2 rings (SSSR count). The number of amides is 3. The summed E-state index contributed by atoms with van der Waals surface area (Å²) >= 11 is 1.56. The van der Waals surface area contributed by atoms with E-state index in [0.717, 1.165) is 12.1 Å². The minimum atomic E-state index is -0.737. The van der Waals surface area contributed by atoms with Gasteiger partial charge in [0.1, 0.15) is 6.04 Å². The first-order valence-corrected chi connectivity index (χ1v) is 10.4. The summed E-state index contributed by atoms with van der Waals surface area (Å²) in [7, 11) is 1.27. The molecule has 1 fully saturated rings. The van der Waals surface area contributed by atoms with Gasteiger partial charge in [-0.3, -0.25) is 14.4 Å². The topological polar surface area (TPSA) is 105 Å². The van der Waals surface area contributed by atoms with Crippen LogP contribution >= 0.6 is 11.8 Å². The zero-order valence-corrected chi connectivity index (χ0v) is 16.8. The van der Waals surface area contributed by atoms with Crippen molar-refractivity contribution in [2.75, 3.05) is 37.1 Å². The van der Waals surface area contributed by atoms with E-state index < -0.39 is 23.8 Å². The molecule has 152 valence electrons. The van der Waals surface area contributed by atoms with Crippen LogP contribution in [0.5, 0.6) is 0 Å². The van der Waals surface area contributed by atoms with Crippen LogP contribution in [0.1, 0.15) is 29.6 Å². The highest BCUT2D eigenvalue weighted by Crippen LogP contribution is 2.21. The molecule has 1 aliphatic heterocycles. The van der Waals surface area contributed by atoms with Crippen LogP contribution < -0.4 is 15.5 Å². The molecule has 1 aromatic carbocycles. The predicted molar refractivity (Wildman–Crippen MR) is 107 cm³/mol. The highest BCUT2D eigenvalue weighted by molar-refractivity contribution is 7.98. The standard InChI is InChI=1S/C19H25N3O5S/c1-27-19(26)15(9-11-28-2)21-16(23)12-20-18(25)13-5-7-14(8-6-13)22-10-3-4-17(22)24/h5-8,15H,3-4,9-12H2,1-2H3,(H,20,25)(H,21,23)/t15-/m1/s1. The molecule has 0 radical (unpaired) electrons. The fourth-order valence-electron chi connectivity index (χ4n) is 2.85. The third-order valence-electron chi connectivity index (χ3n) is 4.36. The van der Waals surface area contributed by atoms with E-state index in [1.165, 1.54) is 7.11 Å². The molecule has 0 spiro atoms. The number of thioether (sulfide) groups is 1. The van der Waals surface area contributed by atoms with Crippen molar-refractivity contribution in [1.29, 1.82) is 0 Å². The Hall–Kier alpha value is -2.55. The number of rotatable bonds is 9. The second-order valence-electron chi connectivity index (χ2n) is 6.30. The van der Waals surface area contributed by atoms with E-state index in [1.807, 2.05) is 6.26 Å². The maximum absolute atomic E-state index is 12.2. The van der Waals surface area contributed by atoms with Gasteiger partial charge in [-0.1, -0.05) is 0 Å². The Morgan fingerprint density at radius 3 is 2.54 bits per heavy atom. The average molecular weight is 407 g/mol. The van der Waals surface area contributed by atoms with Crippen molar-refractivity contribution in [2.45, 2.75) is 25.3 Å². The third-order valence-corrected chi connectivity index (χ3v) is 5.00. The number of nitrogens with one attached hydrogen (secondary N) is 2. The number of anilines is 1. The lowest BCUT2D eigenvalue weighted by Gasteiger charge is -2.17. The van der Waals surface area contributed by atoms with Gasteiger partial charge < -0.3 is 20.3 Å². The molecular formula is C19H25N3O5S. The Balaban J connectivity index is 1.85. The Bertz CT molecular complexity index is 723. The molecule has 3 amide bonds. The maximum Gasteiger partial charge on any atom is 0.328 e. The molecule has 1 aliphatic rings. The van der Waals surface area contributed by atoms with Crippen LogP contribution in [0.2, 0.25) is 0 Å². The van der Waals surface area contributed by atoms with Crippen molar-refractivity contribution in [1.82, 2.24) is 10.6 Å². The van der Waals surface area contributed by atoms with Crippen molar-refractivity contribution in [3.8, 4) is 0 Å². The van der Waals surface area contributed by atoms with Crippen molar-refractivity contribution in [3.05, 3.63) is 29.8 Å². The number of hydrogen-bond acceptors (Lipinski definition) is 6. The summed E-state index contributed by atoms with van der Waals surface area (Å²) in [5, 5.41) is 5.10. The van der Waals surface area contributed by atoms with Gasteiger partial charge in [-0.25, -0.2) is 4.79 Å². The molecule has 1 atom stereocenters. The second-order valence-corrected chi connectivity index (χ2v) is 7.29. The van der Waals surface area contributed by atoms with Crippen molar-refractivity contribution in [2.24, 2.45) is 0 Å². The fourth-order valence-corrected chi connectivity index (χ4v) is 3.32. The first kappa shape index (κ1) is 21.7. The van der Waals surface area contributed by atoms with E-state index in [2.05, 4.69) is 15.4 Å². The van der Waals surface area contributed by atoms with Crippen molar-refractivity contribution in [3.63, 3.8) is 0 Å². The number of benzene rings is 1. The molecule has 0 aliphatic carbocycles. The number of hydrogen-bond donors (Lipinski definition) is 2. The Morgan fingerprint density at radius 1 is 1.25 bits per heavy atom. The molecule has 0 unspecified atom stereocenters. The summed E-state index contributed by atoms with van der Waals surface area (Å²) in [5.41, 5.74) is 1.14. The van der Waals surface area contributed by atoms with Gasteiger partial charge in [-0.2, -0.15) is 11.8 Å². The van der Waals surface area contributed by atoms with Crippen LogP contribution in [-0.2, 0) is 19.1 Å². The zero-order valence-electron chi connectivity index (χ0n) is 16.0. The van der Waals surface area contributed by atoms with Gasteiger partial charge in [0.25, 0.3) is 5.91 Å². The van der Waals surface area contributed by atoms with Gasteiger partial charge in [0.15, 0.2) is 0 Å². The number of carbonyl (C=O) groups excluding carboxylic acids is 4. The van der Waals surface area contributed by atoms with Gasteiger partial charge in [0.2, 0.25) is 11.8 Å². The lowest BCUT2D eigenvalue weighted by atomic mass is 10.2. The highest BCUT2D eigenvalue weighted by atomic mass is 32.2. The van der Waals surface area contributed by atoms with Crippen LogP contribution in [0.3, 0.4) is 0 Å². The molecule has 8 nitrogen and oxygen atoms in total. The summed E-state index contributed by atoms with van der Waals surface area (Å²) in [6, 6.07) is 5.93. The predicted octanol–water partition coefficient (Wildman–Crippen LogP) is 0.954. The van der Waals surface area contributed by atoms with Crippen LogP contribution in [0.25, 0.3) is 0 Å². The van der Waals surface area contributed by atoms with Gasteiger partial charge in [-0.15, -0.1) is 0 Å². The summed E-state index contributed by atoms with van der Waals surface area (Å²) in [5.74, 6) is -0.619. The molecule has 0 saturated carbocycles. The summed E-state index contributed by atoms with van der Waals surface area (Å²) in [4.78, 5) is 49.4. The smallest absolute Gasteiger partial charge is 0.328 e. The molecule has 1 heterocycles. The minimum Gasteiger partial charge on any atom is -0.467 e. The van der Waals surface area contributed by atoms with E-state index in [-0.39, 0.29) is 12.5 Å². The number of carbonyl (C=O) groups is 4. The monoisotopic (exact) mass is 407 g/mol. The van der Waals surface area contributed by atoms with Gasteiger partial charge in [0.05, 0.1) is 13.7 Å². The average Bonchev–Trinajstić information content (AvgIpc) is 3.14. The Labute approximate surface area is 168 Å². The van der Waals surface area contributed by atoms with E-state index in [0.29, 0.717) is 30.7 Å². The molecule has 1 aromatic rings. The highest BCUT2D eigenvalue weighted by Gasteiger charge is 2.23. The van der Waals surface area contributed by atoms with Crippen molar-refractivity contribution >= 4 is 41.1 Å². The molecule has 0 bridgehead atoms. The summed E-state index contributed by atoms with van der Waals surface area (Å²) in [6.45, 7) is 0.431. The minimum absolute atomic E-state index is 0.0792. The van der Waals surface area contributed by atoms with Crippen molar-refractivity contribution < 1.29 is 23.9 Å². The van der Waals surface area contributed by atoms with E-state index in [1.54, 1.807) is 40.9 Å². The fraction of sp³-hybridized carbons (Fsp3) is 0.474. The number of esters is 1. The Morgan fingerprint density at radius 2 is 1.96 bits per heavy atom. The first-order valence-electron chi connectivity index (χ1n) is 9.01. The molecular weight excluding hydrogens is 382 g/mol.